The van der Waals surface area contributed by atoms with Crippen LogP contribution in [-0.4, -0.2) is 15.3 Å². The maximum Gasteiger partial charge on any atom is 0.110 e. The number of rotatable bonds is 2. The van der Waals surface area contributed by atoms with Gasteiger partial charge >= 0.3 is 0 Å². The second-order valence-electron chi connectivity index (χ2n) is 4.86. The molecular formula is C10H15FN2S. The molecule has 0 radical (unpaired) electrons. The van der Waals surface area contributed by atoms with Crippen LogP contribution in [-0.2, 0) is 5.41 Å². The molecule has 0 unspecified atom stereocenters. The molecule has 0 saturated heterocycles. The Hall–Kier alpha value is -0.510. The number of aromatic nitrogens is 2. The molecule has 2 rings (SSSR count). The first-order chi connectivity index (χ1) is 6.46. The van der Waals surface area contributed by atoms with Crippen LogP contribution in [0.25, 0.3) is 0 Å². The van der Waals surface area contributed by atoms with E-state index < -0.39 is 5.67 Å². The lowest BCUT2D eigenvalue weighted by atomic mass is 9.55. The quantitative estimate of drug-likeness (QED) is 0.756. The van der Waals surface area contributed by atoms with Gasteiger partial charge in [0.2, 0.25) is 0 Å². The van der Waals surface area contributed by atoms with Crippen molar-refractivity contribution >= 4 is 11.5 Å². The minimum atomic E-state index is -0.992. The highest BCUT2D eigenvalue weighted by Crippen LogP contribution is 2.56. The van der Waals surface area contributed by atoms with Crippen LogP contribution >= 0.6 is 11.5 Å². The van der Waals surface area contributed by atoms with Crippen LogP contribution in [0.4, 0.5) is 4.39 Å². The monoisotopic (exact) mass is 214 g/mol. The second-order valence-corrected chi connectivity index (χ2v) is 5.65. The average Bonchev–Trinajstić information content (AvgIpc) is 2.50. The Morgan fingerprint density at radius 1 is 1.50 bits per heavy atom. The highest BCUT2D eigenvalue weighted by molar-refractivity contribution is 7.05. The van der Waals surface area contributed by atoms with Crippen molar-refractivity contribution in [3.63, 3.8) is 0 Å². The van der Waals surface area contributed by atoms with Gasteiger partial charge in [0.1, 0.15) is 5.67 Å². The lowest BCUT2D eigenvalue weighted by Crippen LogP contribution is -2.52. The molecule has 0 aliphatic heterocycles. The summed E-state index contributed by atoms with van der Waals surface area (Å²) in [5, 5.41) is 3.85. The molecule has 0 aromatic carbocycles. The van der Waals surface area contributed by atoms with Crippen LogP contribution in [0, 0.1) is 5.92 Å². The number of hydrogen-bond acceptors (Lipinski definition) is 3. The first-order valence-electron chi connectivity index (χ1n) is 4.93. The van der Waals surface area contributed by atoms with Crippen LogP contribution < -0.4 is 0 Å². The van der Waals surface area contributed by atoms with Gasteiger partial charge in [-0.15, -0.1) is 5.10 Å². The minimum Gasteiger partial charge on any atom is -0.244 e. The normalized spacial score (nSPS) is 37.2. The highest BCUT2D eigenvalue weighted by Gasteiger charge is 2.56. The number of nitrogens with zero attached hydrogens (tertiary/aromatic N) is 2. The summed E-state index contributed by atoms with van der Waals surface area (Å²) >= 11 is 1.41. The smallest absolute Gasteiger partial charge is 0.110 e. The Bertz CT molecular complexity index is 311. The molecule has 2 nitrogen and oxygen atoms in total. The van der Waals surface area contributed by atoms with Gasteiger partial charge in [-0.25, -0.2) is 4.39 Å². The van der Waals surface area contributed by atoms with E-state index in [1.54, 1.807) is 13.1 Å². The minimum absolute atomic E-state index is 0.00231. The summed E-state index contributed by atoms with van der Waals surface area (Å²) in [6.45, 7) is 5.98. The molecule has 1 aliphatic rings. The van der Waals surface area contributed by atoms with Gasteiger partial charge < -0.3 is 0 Å². The SMILES string of the molecule is CC(C)C1(c2cnns2)CC(C)(F)C1. The fourth-order valence-electron chi connectivity index (χ4n) is 2.52. The van der Waals surface area contributed by atoms with Gasteiger partial charge in [-0.3, -0.25) is 0 Å². The fraction of sp³-hybridized carbons (Fsp3) is 0.800. The van der Waals surface area contributed by atoms with Crippen LogP contribution in [0.1, 0.15) is 38.5 Å². The summed E-state index contributed by atoms with van der Waals surface area (Å²) in [7, 11) is 0. The zero-order valence-electron chi connectivity index (χ0n) is 8.75. The van der Waals surface area contributed by atoms with E-state index in [9.17, 15) is 4.39 Å². The molecule has 0 amide bonds. The first-order valence-corrected chi connectivity index (χ1v) is 5.70. The molecule has 1 aromatic heterocycles. The zero-order chi connectivity index (χ0) is 10.4. The molecule has 1 aromatic rings. The van der Waals surface area contributed by atoms with Gasteiger partial charge in [-0.05, 0) is 37.2 Å². The zero-order valence-corrected chi connectivity index (χ0v) is 9.57. The van der Waals surface area contributed by atoms with E-state index in [4.69, 9.17) is 0 Å². The molecule has 14 heavy (non-hydrogen) atoms. The molecule has 1 heterocycles. The van der Waals surface area contributed by atoms with E-state index in [2.05, 4.69) is 23.4 Å². The predicted octanol–water partition coefficient (Wildman–Crippen LogP) is 2.95. The third-order valence-electron chi connectivity index (χ3n) is 3.33. The van der Waals surface area contributed by atoms with Crippen molar-refractivity contribution < 1.29 is 4.39 Å². The summed E-state index contributed by atoms with van der Waals surface area (Å²) in [6.07, 6.45) is 3.02. The molecule has 78 valence electrons. The van der Waals surface area contributed by atoms with E-state index in [0.717, 1.165) is 4.88 Å². The number of hydrogen-bond donors (Lipinski definition) is 0. The summed E-state index contributed by atoms with van der Waals surface area (Å²) in [5.41, 5.74) is -0.994. The van der Waals surface area contributed by atoms with Gasteiger partial charge in [-0.1, -0.05) is 18.3 Å². The highest BCUT2D eigenvalue weighted by atomic mass is 32.1. The molecule has 0 atom stereocenters. The molecular weight excluding hydrogens is 199 g/mol. The lowest BCUT2D eigenvalue weighted by molar-refractivity contribution is -0.0255. The van der Waals surface area contributed by atoms with Crippen molar-refractivity contribution in [2.45, 2.75) is 44.7 Å². The van der Waals surface area contributed by atoms with Crippen molar-refractivity contribution in [3.8, 4) is 0 Å². The third-order valence-corrected chi connectivity index (χ3v) is 4.21. The topological polar surface area (TPSA) is 25.8 Å². The summed E-state index contributed by atoms with van der Waals surface area (Å²) in [6, 6.07) is 0. The summed E-state index contributed by atoms with van der Waals surface area (Å²) in [5.74, 6) is 0.452. The molecule has 0 spiro atoms. The molecule has 0 N–H and O–H groups in total. The van der Waals surface area contributed by atoms with E-state index in [1.807, 2.05) is 0 Å². The number of alkyl halides is 1. The molecule has 1 fully saturated rings. The fourth-order valence-corrected chi connectivity index (χ4v) is 3.36. The largest absolute Gasteiger partial charge is 0.244 e. The van der Waals surface area contributed by atoms with E-state index >= 15 is 0 Å². The molecule has 0 bridgehead atoms. The molecule has 1 aliphatic carbocycles. The summed E-state index contributed by atoms with van der Waals surface area (Å²) in [4.78, 5) is 1.14. The summed E-state index contributed by atoms with van der Waals surface area (Å²) < 4.78 is 17.5. The second kappa shape index (κ2) is 2.99. The lowest BCUT2D eigenvalue weighted by Gasteiger charge is -2.52. The van der Waals surface area contributed by atoms with E-state index in [-0.39, 0.29) is 5.41 Å². The van der Waals surface area contributed by atoms with Crippen LogP contribution in [0.15, 0.2) is 6.20 Å². The van der Waals surface area contributed by atoms with Gasteiger partial charge in [-0.2, -0.15) is 0 Å². The first kappa shape index (κ1) is 10.0. The maximum absolute atomic E-state index is 13.6. The van der Waals surface area contributed by atoms with Gasteiger partial charge in [0, 0.05) is 5.41 Å². The van der Waals surface area contributed by atoms with Gasteiger partial charge in [0.05, 0.1) is 11.1 Å². The van der Waals surface area contributed by atoms with Gasteiger partial charge in [0.25, 0.3) is 0 Å². The predicted molar refractivity (Wildman–Crippen MR) is 55.2 cm³/mol. The Balaban J connectivity index is 2.28. The number of halogens is 1. The molecule has 4 heteroatoms. The van der Waals surface area contributed by atoms with Crippen LogP contribution in [0.5, 0.6) is 0 Å². The Morgan fingerprint density at radius 2 is 2.14 bits per heavy atom. The Kier molecular flexibility index (Phi) is 2.14. The van der Waals surface area contributed by atoms with Gasteiger partial charge in [0.15, 0.2) is 0 Å². The van der Waals surface area contributed by atoms with Crippen molar-refractivity contribution in [2.24, 2.45) is 5.92 Å². The third kappa shape index (κ3) is 1.36. The van der Waals surface area contributed by atoms with Crippen molar-refractivity contribution in [1.29, 1.82) is 0 Å². The van der Waals surface area contributed by atoms with E-state index in [0.29, 0.717) is 18.8 Å². The Labute approximate surface area is 87.7 Å². The van der Waals surface area contributed by atoms with Crippen LogP contribution in [0.2, 0.25) is 0 Å². The average molecular weight is 214 g/mol. The van der Waals surface area contributed by atoms with Crippen molar-refractivity contribution in [1.82, 2.24) is 9.59 Å². The Morgan fingerprint density at radius 3 is 2.50 bits per heavy atom. The van der Waals surface area contributed by atoms with E-state index in [1.165, 1.54) is 11.5 Å². The molecule has 1 saturated carbocycles. The van der Waals surface area contributed by atoms with Crippen LogP contribution in [0.3, 0.4) is 0 Å². The maximum atomic E-state index is 13.6. The van der Waals surface area contributed by atoms with Crippen molar-refractivity contribution in [3.05, 3.63) is 11.1 Å². The standard InChI is InChI=1S/C10H15FN2S/c1-7(2)10(5-9(3,11)6-10)8-4-12-13-14-8/h4,7H,5-6H2,1-3H3. The van der Waals surface area contributed by atoms with Crippen molar-refractivity contribution in [2.75, 3.05) is 0 Å².